The number of rotatable bonds is 12. The third kappa shape index (κ3) is 7.60. The van der Waals surface area contributed by atoms with E-state index in [0.29, 0.717) is 44.3 Å². The minimum atomic E-state index is -0.684. The van der Waals surface area contributed by atoms with Crippen LogP contribution >= 0.6 is 0 Å². The number of carbonyl (C=O) groups excluding carboxylic acids is 1. The monoisotopic (exact) mass is 445 g/mol. The van der Waals surface area contributed by atoms with E-state index in [0.717, 1.165) is 17.7 Å². The van der Waals surface area contributed by atoms with E-state index in [4.69, 9.17) is 14.2 Å². The van der Waals surface area contributed by atoms with Gasteiger partial charge in [-0.15, -0.1) is 0 Å². The molecule has 1 heterocycles. The Hall–Kier alpha value is -3.01. The molecule has 2 aromatic carbocycles. The van der Waals surface area contributed by atoms with E-state index >= 15 is 0 Å². The molecular weight excluding hydrogens is 414 g/mol. The zero-order valence-electron chi connectivity index (χ0n) is 18.2. The average Bonchev–Trinajstić information content (AvgIpc) is 3.19. The van der Waals surface area contributed by atoms with Gasteiger partial charge in [0.2, 0.25) is 0 Å². The molecule has 5 N–H and O–H groups in total. The van der Waals surface area contributed by atoms with Crippen LogP contribution in [0.4, 0.5) is 10.5 Å². The highest BCUT2D eigenvalue weighted by atomic mass is 16.5. The van der Waals surface area contributed by atoms with E-state index < -0.39 is 6.10 Å². The van der Waals surface area contributed by atoms with E-state index in [1.54, 1.807) is 12.1 Å². The molecule has 0 fully saturated rings. The van der Waals surface area contributed by atoms with Gasteiger partial charge in [0.05, 0.1) is 6.61 Å². The summed E-state index contributed by atoms with van der Waals surface area (Å²) in [7, 11) is 0. The van der Waals surface area contributed by atoms with Gasteiger partial charge in [0.25, 0.3) is 0 Å². The van der Waals surface area contributed by atoms with E-state index in [2.05, 4.69) is 16.0 Å². The molecule has 0 aromatic heterocycles. The minimum Gasteiger partial charge on any atom is -0.508 e. The van der Waals surface area contributed by atoms with Crippen LogP contribution in [0.25, 0.3) is 0 Å². The molecule has 0 aliphatic carbocycles. The number of urea groups is 1. The Bertz CT molecular complexity index is 861. The molecule has 0 saturated heterocycles. The normalized spacial score (nSPS) is 15.5. The first-order valence-electron chi connectivity index (χ1n) is 10.8. The standard InChI is InChI=1S/C23H31N3O6/c1-2-30-15-21-12-16-11-20(7-8-22(16)32-21)31-14-19(28)13-24-9-10-25-23(29)26-17-3-5-18(27)6-4-17/h3-8,11,19,21,24,27-28H,2,9-10,12-15H2,1H3,(H2,25,26,29). The Morgan fingerprint density at radius 3 is 2.81 bits per heavy atom. The lowest BCUT2D eigenvalue weighted by molar-refractivity contribution is 0.0679. The summed E-state index contributed by atoms with van der Waals surface area (Å²) >= 11 is 0. The van der Waals surface area contributed by atoms with Crippen LogP contribution in [0.1, 0.15) is 12.5 Å². The molecule has 0 spiro atoms. The smallest absolute Gasteiger partial charge is 0.319 e. The fourth-order valence-electron chi connectivity index (χ4n) is 3.23. The van der Waals surface area contributed by atoms with Crippen molar-refractivity contribution in [3.8, 4) is 17.2 Å². The summed E-state index contributed by atoms with van der Waals surface area (Å²) in [6, 6.07) is 11.5. The maximum Gasteiger partial charge on any atom is 0.319 e. The van der Waals surface area contributed by atoms with Gasteiger partial charge in [0.15, 0.2) is 0 Å². The Kier molecular flexibility index (Phi) is 8.97. The third-order valence-electron chi connectivity index (χ3n) is 4.82. The molecule has 32 heavy (non-hydrogen) atoms. The second-order valence-corrected chi connectivity index (χ2v) is 7.47. The lowest BCUT2D eigenvalue weighted by Crippen LogP contribution is -2.38. The number of aromatic hydroxyl groups is 1. The maximum atomic E-state index is 11.8. The van der Waals surface area contributed by atoms with Crippen LogP contribution in [0.3, 0.4) is 0 Å². The number of fused-ring (bicyclic) bond motifs is 1. The number of ether oxygens (including phenoxy) is 3. The minimum absolute atomic E-state index is 0.0340. The van der Waals surface area contributed by atoms with E-state index in [-0.39, 0.29) is 24.5 Å². The zero-order chi connectivity index (χ0) is 22.8. The zero-order valence-corrected chi connectivity index (χ0v) is 18.2. The van der Waals surface area contributed by atoms with Gasteiger partial charge >= 0.3 is 6.03 Å². The molecule has 174 valence electrons. The van der Waals surface area contributed by atoms with Crippen molar-refractivity contribution in [3.05, 3.63) is 48.0 Å². The Labute approximate surface area is 187 Å². The highest BCUT2D eigenvalue weighted by molar-refractivity contribution is 5.89. The number of hydrogen-bond acceptors (Lipinski definition) is 7. The molecule has 1 aliphatic heterocycles. The summed E-state index contributed by atoms with van der Waals surface area (Å²) in [5.74, 6) is 1.68. The van der Waals surface area contributed by atoms with Gasteiger partial charge < -0.3 is 40.4 Å². The average molecular weight is 446 g/mol. The third-order valence-corrected chi connectivity index (χ3v) is 4.82. The molecule has 2 unspecified atom stereocenters. The maximum absolute atomic E-state index is 11.8. The predicted molar refractivity (Wildman–Crippen MR) is 121 cm³/mol. The van der Waals surface area contributed by atoms with Gasteiger partial charge in [-0.2, -0.15) is 0 Å². The summed E-state index contributed by atoms with van der Waals surface area (Å²) in [6.07, 6.45) is 0.132. The van der Waals surface area contributed by atoms with E-state index in [1.807, 2.05) is 25.1 Å². The van der Waals surface area contributed by atoms with Gasteiger partial charge in [0.1, 0.15) is 36.1 Å². The van der Waals surface area contributed by atoms with Crippen LogP contribution in [0.15, 0.2) is 42.5 Å². The molecule has 9 nitrogen and oxygen atoms in total. The van der Waals surface area contributed by atoms with Crippen LogP contribution in [0.5, 0.6) is 17.2 Å². The summed E-state index contributed by atoms with van der Waals surface area (Å²) in [5.41, 5.74) is 1.67. The van der Waals surface area contributed by atoms with E-state index in [9.17, 15) is 15.0 Å². The number of nitrogens with one attached hydrogen (secondary N) is 3. The first-order chi connectivity index (χ1) is 15.5. The van der Waals surface area contributed by atoms with Gasteiger partial charge in [0, 0.05) is 43.9 Å². The number of phenolic OH excluding ortho intramolecular Hbond substituents is 1. The van der Waals surface area contributed by atoms with Crippen LogP contribution in [-0.4, -0.2) is 67.9 Å². The first kappa shape index (κ1) is 23.6. The number of benzene rings is 2. The highest BCUT2D eigenvalue weighted by Crippen LogP contribution is 2.32. The second-order valence-electron chi connectivity index (χ2n) is 7.47. The van der Waals surface area contributed by atoms with Crippen LogP contribution < -0.4 is 25.4 Å². The number of aliphatic hydroxyl groups is 1. The van der Waals surface area contributed by atoms with Crippen molar-refractivity contribution >= 4 is 11.7 Å². The van der Waals surface area contributed by atoms with Crippen LogP contribution in [0, 0.1) is 0 Å². The van der Waals surface area contributed by atoms with Gasteiger partial charge in [-0.05, 0) is 49.4 Å². The topological polar surface area (TPSA) is 121 Å². The predicted octanol–water partition coefficient (Wildman–Crippen LogP) is 1.88. The lowest BCUT2D eigenvalue weighted by atomic mass is 10.1. The Morgan fingerprint density at radius 2 is 2.03 bits per heavy atom. The van der Waals surface area contributed by atoms with E-state index in [1.165, 1.54) is 12.1 Å². The summed E-state index contributed by atoms with van der Waals surface area (Å²) in [5, 5.41) is 27.8. The van der Waals surface area contributed by atoms with Crippen molar-refractivity contribution in [2.24, 2.45) is 0 Å². The number of anilines is 1. The van der Waals surface area contributed by atoms with Gasteiger partial charge in [-0.3, -0.25) is 0 Å². The summed E-state index contributed by atoms with van der Waals surface area (Å²) in [4.78, 5) is 11.8. The summed E-state index contributed by atoms with van der Waals surface area (Å²) < 4.78 is 17.0. The molecule has 2 aromatic rings. The number of phenols is 1. The Morgan fingerprint density at radius 1 is 1.22 bits per heavy atom. The number of carbonyl (C=O) groups is 1. The largest absolute Gasteiger partial charge is 0.508 e. The van der Waals surface area contributed by atoms with Crippen molar-refractivity contribution < 1.29 is 29.2 Å². The fraction of sp³-hybridized carbons (Fsp3) is 0.435. The molecule has 9 heteroatoms. The summed E-state index contributed by atoms with van der Waals surface area (Å²) in [6.45, 7) is 4.58. The number of amides is 2. The lowest BCUT2D eigenvalue weighted by Gasteiger charge is -2.14. The molecule has 0 saturated carbocycles. The fourth-order valence-corrected chi connectivity index (χ4v) is 3.23. The SMILES string of the molecule is CCOCC1Cc2cc(OCC(O)CNCCNC(=O)Nc3ccc(O)cc3)ccc2O1. The molecular formula is C23H31N3O6. The number of aliphatic hydroxyl groups excluding tert-OH is 1. The van der Waals surface area contributed by atoms with Crippen LogP contribution in [0.2, 0.25) is 0 Å². The van der Waals surface area contributed by atoms with Crippen molar-refractivity contribution in [1.82, 2.24) is 10.6 Å². The van der Waals surface area contributed by atoms with Crippen molar-refractivity contribution in [3.63, 3.8) is 0 Å². The molecule has 0 bridgehead atoms. The van der Waals surface area contributed by atoms with Gasteiger partial charge in [-0.1, -0.05) is 0 Å². The first-order valence-corrected chi connectivity index (χ1v) is 10.8. The molecule has 2 atom stereocenters. The van der Waals surface area contributed by atoms with Crippen molar-refractivity contribution in [1.29, 1.82) is 0 Å². The van der Waals surface area contributed by atoms with Crippen LogP contribution in [-0.2, 0) is 11.2 Å². The molecule has 1 aliphatic rings. The second kappa shape index (κ2) is 12.1. The number of hydrogen-bond donors (Lipinski definition) is 5. The molecule has 2 amide bonds. The van der Waals surface area contributed by atoms with Gasteiger partial charge in [-0.25, -0.2) is 4.79 Å². The quantitative estimate of drug-likeness (QED) is 0.250. The molecule has 0 radical (unpaired) electrons. The highest BCUT2D eigenvalue weighted by Gasteiger charge is 2.23. The molecule has 3 rings (SSSR count). The van der Waals surface area contributed by atoms with Crippen molar-refractivity contribution in [2.45, 2.75) is 25.6 Å². The van der Waals surface area contributed by atoms with Crippen molar-refractivity contribution in [2.75, 3.05) is 44.8 Å². The Balaban J connectivity index is 1.27.